The molecule has 0 aromatic rings. The monoisotopic (exact) mass is 372 g/mol. The summed E-state index contributed by atoms with van der Waals surface area (Å²) in [7, 11) is 0. The maximum atomic E-state index is 5.88. The summed E-state index contributed by atoms with van der Waals surface area (Å²) in [5, 5.41) is 0. The number of ether oxygens (including phenoxy) is 3. The first-order chi connectivity index (χ1) is 8.74. The van der Waals surface area contributed by atoms with Crippen LogP contribution in [-0.2, 0) is 14.2 Å². The van der Waals surface area contributed by atoms with Crippen LogP contribution in [0, 0.1) is 0 Å². The van der Waals surface area contributed by atoms with Crippen molar-refractivity contribution >= 4 is 22.6 Å². The molecule has 3 nitrogen and oxygen atoms in total. The molecule has 0 bridgehead atoms. The summed E-state index contributed by atoms with van der Waals surface area (Å²) in [6.45, 7) is 8.40. The average molecular weight is 372 g/mol. The maximum absolute atomic E-state index is 5.88. The van der Waals surface area contributed by atoms with Crippen LogP contribution in [0.2, 0.25) is 0 Å². The molecule has 0 amide bonds. The minimum atomic E-state index is -0.798. The van der Waals surface area contributed by atoms with Gasteiger partial charge >= 0.3 is 0 Å². The summed E-state index contributed by atoms with van der Waals surface area (Å²) in [5.74, 6) is -0.798. The van der Waals surface area contributed by atoms with E-state index in [1.165, 1.54) is 10.8 Å². The molecule has 0 aromatic heterocycles. The van der Waals surface area contributed by atoms with Gasteiger partial charge in [0.1, 0.15) is 0 Å². The Balaban J connectivity index is 4.41. The number of rotatable bonds is 13. The molecule has 0 aliphatic carbocycles. The van der Waals surface area contributed by atoms with Crippen LogP contribution in [0.4, 0.5) is 0 Å². The van der Waals surface area contributed by atoms with Crippen molar-refractivity contribution in [1.82, 2.24) is 0 Å². The van der Waals surface area contributed by atoms with Gasteiger partial charge in [-0.2, -0.15) is 0 Å². The zero-order chi connectivity index (χ0) is 13.7. The number of hydrogen-bond acceptors (Lipinski definition) is 3. The van der Waals surface area contributed by atoms with E-state index in [0.717, 1.165) is 32.1 Å². The normalized spacial score (nSPS) is 12.0. The van der Waals surface area contributed by atoms with Gasteiger partial charge < -0.3 is 14.2 Å². The first-order valence-corrected chi connectivity index (χ1v) is 8.75. The predicted molar refractivity (Wildman–Crippen MR) is 84.2 cm³/mol. The van der Waals surface area contributed by atoms with Crippen LogP contribution in [0.5, 0.6) is 0 Å². The van der Waals surface area contributed by atoms with E-state index in [0.29, 0.717) is 19.8 Å². The summed E-state index contributed by atoms with van der Waals surface area (Å²) in [6, 6.07) is 0. The Morgan fingerprint density at radius 2 is 1.22 bits per heavy atom. The number of alkyl halides is 1. The molecule has 0 radical (unpaired) electrons. The molecular formula is C14H29IO3. The lowest BCUT2D eigenvalue weighted by atomic mass is 10.2. The van der Waals surface area contributed by atoms with Crippen molar-refractivity contribution in [3.8, 4) is 0 Å². The summed E-state index contributed by atoms with van der Waals surface area (Å²) >= 11 is 2.40. The lowest BCUT2D eigenvalue weighted by Gasteiger charge is -2.33. The van der Waals surface area contributed by atoms with Gasteiger partial charge in [-0.3, -0.25) is 0 Å². The highest BCUT2D eigenvalue weighted by molar-refractivity contribution is 14.1. The Bertz CT molecular complexity index is 155. The number of unbranched alkanes of at least 4 members (excludes halogenated alkanes) is 1. The second-order valence-electron chi connectivity index (χ2n) is 4.37. The molecule has 0 spiro atoms. The van der Waals surface area contributed by atoms with Gasteiger partial charge in [-0.25, -0.2) is 0 Å². The van der Waals surface area contributed by atoms with Gasteiger partial charge in [0.15, 0.2) is 0 Å². The predicted octanol–water partition coefficient (Wildman–Crippen LogP) is 4.53. The summed E-state index contributed by atoms with van der Waals surface area (Å²) < 4.78 is 18.8. The molecule has 0 fully saturated rings. The smallest absolute Gasteiger partial charge is 0.282 e. The van der Waals surface area contributed by atoms with Crippen molar-refractivity contribution < 1.29 is 14.2 Å². The fourth-order valence-corrected chi connectivity index (χ4v) is 2.09. The Morgan fingerprint density at radius 3 is 1.56 bits per heavy atom. The molecule has 0 saturated heterocycles. The van der Waals surface area contributed by atoms with Crippen LogP contribution in [0.3, 0.4) is 0 Å². The second-order valence-corrected chi connectivity index (χ2v) is 5.45. The molecule has 0 aromatic carbocycles. The molecule has 0 aliphatic heterocycles. The SMILES string of the molecule is CCCOC(CCCCI)(OCCC)OCCC. The van der Waals surface area contributed by atoms with Crippen molar-refractivity contribution in [2.24, 2.45) is 0 Å². The van der Waals surface area contributed by atoms with Crippen LogP contribution in [0.25, 0.3) is 0 Å². The third-order valence-electron chi connectivity index (χ3n) is 2.44. The maximum Gasteiger partial charge on any atom is 0.282 e. The van der Waals surface area contributed by atoms with Gasteiger partial charge in [-0.1, -0.05) is 43.4 Å². The highest BCUT2D eigenvalue weighted by Crippen LogP contribution is 2.24. The third-order valence-corrected chi connectivity index (χ3v) is 3.21. The van der Waals surface area contributed by atoms with Gasteiger partial charge in [-0.05, 0) is 36.5 Å². The lowest BCUT2D eigenvalue weighted by molar-refractivity contribution is -0.383. The van der Waals surface area contributed by atoms with Crippen LogP contribution >= 0.6 is 22.6 Å². The van der Waals surface area contributed by atoms with Crippen molar-refractivity contribution in [2.75, 3.05) is 24.2 Å². The zero-order valence-corrected chi connectivity index (χ0v) is 14.3. The molecule has 0 atom stereocenters. The fraction of sp³-hybridized carbons (Fsp3) is 1.00. The molecule has 0 unspecified atom stereocenters. The van der Waals surface area contributed by atoms with E-state index in [2.05, 4.69) is 43.4 Å². The van der Waals surface area contributed by atoms with Gasteiger partial charge in [0.25, 0.3) is 5.97 Å². The van der Waals surface area contributed by atoms with Crippen LogP contribution in [-0.4, -0.2) is 30.2 Å². The highest BCUT2D eigenvalue weighted by Gasteiger charge is 2.32. The van der Waals surface area contributed by atoms with E-state index < -0.39 is 5.97 Å². The van der Waals surface area contributed by atoms with Gasteiger partial charge in [-0.15, -0.1) is 0 Å². The molecule has 0 aliphatic rings. The standard InChI is InChI=1S/C14H29IO3/c1-4-11-16-14(17-12-5-2,18-13-6-3)9-7-8-10-15/h4-13H2,1-3H3. The van der Waals surface area contributed by atoms with Gasteiger partial charge in [0, 0.05) is 6.42 Å². The largest absolute Gasteiger partial charge is 0.327 e. The van der Waals surface area contributed by atoms with Crippen LogP contribution < -0.4 is 0 Å². The average Bonchev–Trinajstić information content (AvgIpc) is 2.40. The van der Waals surface area contributed by atoms with Gasteiger partial charge in [0.2, 0.25) is 0 Å². The van der Waals surface area contributed by atoms with Gasteiger partial charge in [0.05, 0.1) is 19.8 Å². The Labute approximate surface area is 126 Å². The number of halogens is 1. The molecule has 18 heavy (non-hydrogen) atoms. The van der Waals surface area contributed by atoms with E-state index in [9.17, 15) is 0 Å². The minimum Gasteiger partial charge on any atom is -0.327 e. The van der Waals surface area contributed by atoms with Crippen LogP contribution in [0.1, 0.15) is 59.3 Å². The fourth-order valence-electron chi connectivity index (χ4n) is 1.55. The first-order valence-electron chi connectivity index (χ1n) is 7.22. The van der Waals surface area contributed by atoms with E-state index >= 15 is 0 Å². The topological polar surface area (TPSA) is 27.7 Å². The Kier molecular flexibility index (Phi) is 13.1. The Morgan fingerprint density at radius 1 is 0.778 bits per heavy atom. The minimum absolute atomic E-state index is 0.692. The summed E-state index contributed by atoms with van der Waals surface area (Å²) in [4.78, 5) is 0. The van der Waals surface area contributed by atoms with E-state index in [1.807, 2.05) is 0 Å². The third kappa shape index (κ3) is 8.67. The van der Waals surface area contributed by atoms with Crippen molar-refractivity contribution in [1.29, 1.82) is 0 Å². The Hall–Kier alpha value is 0.610. The highest BCUT2D eigenvalue weighted by atomic mass is 127. The second kappa shape index (κ2) is 12.6. The molecule has 0 heterocycles. The van der Waals surface area contributed by atoms with E-state index in [4.69, 9.17) is 14.2 Å². The van der Waals surface area contributed by atoms with Crippen LogP contribution in [0.15, 0.2) is 0 Å². The molecule has 4 heteroatoms. The number of hydrogen-bond donors (Lipinski definition) is 0. The van der Waals surface area contributed by atoms with E-state index in [1.54, 1.807) is 0 Å². The molecule has 110 valence electrons. The summed E-state index contributed by atoms with van der Waals surface area (Å²) in [5.41, 5.74) is 0. The molecule has 0 rings (SSSR count). The van der Waals surface area contributed by atoms with Crippen molar-refractivity contribution in [3.05, 3.63) is 0 Å². The molecular weight excluding hydrogens is 343 g/mol. The van der Waals surface area contributed by atoms with E-state index in [-0.39, 0.29) is 0 Å². The first kappa shape index (κ1) is 18.6. The molecule has 0 N–H and O–H groups in total. The summed E-state index contributed by atoms with van der Waals surface area (Å²) in [6.07, 6.45) is 6.05. The lowest BCUT2D eigenvalue weighted by Crippen LogP contribution is -2.40. The zero-order valence-electron chi connectivity index (χ0n) is 12.2. The van der Waals surface area contributed by atoms with Crippen molar-refractivity contribution in [3.63, 3.8) is 0 Å². The van der Waals surface area contributed by atoms with Crippen molar-refractivity contribution in [2.45, 2.75) is 65.3 Å². The molecule has 0 saturated carbocycles. The quantitative estimate of drug-likeness (QED) is 0.206.